The summed E-state index contributed by atoms with van der Waals surface area (Å²) in [5, 5.41) is 1.22. The highest BCUT2D eigenvalue weighted by Crippen LogP contribution is 2.36. The highest BCUT2D eigenvalue weighted by Gasteiger charge is 2.39. The van der Waals surface area contributed by atoms with E-state index in [1.54, 1.807) is 0 Å². The molecule has 2 unspecified atom stereocenters. The van der Waals surface area contributed by atoms with Crippen LogP contribution in [0, 0.1) is 11.8 Å². The molecule has 0 saturated carbocycles. The first-order valence-electron chi connectivity index (χ1n) is 6.58. The summed E-state index contributed by atoms with van der Waals surface area (Å²) in [5.41, 5.74) is 1.15. The Morgan fingerprint density at radius 2 is 1.83 bits per heavy atom. The summed E-state index contributed by atoms with van der Waals surface area (Å²) in [4.78, 5) is 9.73. The normalized spacial score (nSPS) is 28.2. The largest absolute Gasteiger partial charge is 0.347 e. The summed E-state index contributed by atoms with van der Waals surface area (Å²) in [6, 6.07) is 8.44. The number of hydrogen-bond donors (Lipinski definition) is 0. The Morgan fingerprint density at radius 1 is 1.11 bits per heavy atom. The van der Waals surface area contributed by atoms with Crippen LogP contribution < -0.4 is 4.90 Å². The predicted molar refractivity (Wildman–Crippen MR) is 76.3 cm³/mol. The topological polar surface area (TPSA) is 19.4 Å². The summed E-state index contributed by atoms with van der Waals surface area (Å²) >= 11 is 1.84. The molecule has 18 heavy (non-hydrogen) atoms. The van der Waals surface area contributed by atoms with Crippen molar-refractivity contribution in [3.05, 3.63) is 24.3 Å². The van der Waals surface area contributed by atoms with Gasteiger partial charge in [-0.1, -0.05) is 23.5 Å². The van der Waals surface area contributed by atoms with Crippen LogP contribution in [0.2, 0.25) is 0 Å². The van der Waals surface area contributed by atoms with Crippen LogP contribution in [0.5, 0.6) is 0 Å². The first-order valence-corrected chi connectivity index (χ1v) is 7.40. The van der Waals surface area contributed by atoms with Crippen molar-refractivity contribution in [3.8, 4) is 0 Å². The fourth-order valence-corrected chi connectivity index (χ4v) is 4.36. The minimum Gasteiger partial charge on any atom is -0.347 e. The Bertz CT molecular complexity index is 532. The molecule has 2 aromatic rings. The highest BCUT2D eigenvalue weighted by atomic mass is 32.1. The third-order valence-corrected chi connectivity index (χ3v) is 5.32. The number of thiazole rings is 1. The number of rotatable bonds is 1. The molecule has 4 heteroatoms. The fourth-order valence-electron chi connectivity index (χ4n) is 3.38. The van der Waals surface area contributed by atoms with Crippen LogP contribution in [0.15, 0.2) is 24.3 Å². The van der Waals surface area contributed by atoms with Gasteiger partial charge in [-0.3, -0.25) is 0 Å². The number of aromatic nitrogens is 1. The van der Waals surface area contributed by atoms with E-state index in [9.17, 15) is 0 Å². The average Bonchev–Trinajstić information content (AvgIpc) is 2.98. The third-order valence-electron chi connectivity index (χ3n) is 4.22. The lowest BCUT2D eigenvalue weighted by atomic mass is 10.0. The molecule has 2 aliphatic rings. The maximum Gasteiger partial charge on any atom is 0.186 e. The maximum absolute atomic E-state index is 4.77. The van der Waals surface area contributed by atoms with Crippen molar-refractivity contribution in [1.82, 2.24) is 9.88 Å². The van der Waals surface area contributed by atoms with Gasteiger partial charge in [0.05, 0.1) is 10.2 Å². The lowest BCUT2D eigenvalue weighted by molar-refractivity contribution is 0.387. The summed E-state index contributed by atoms with van der Waals surface area (Å²) in [6.07, 6.45) is 0. The Kier molecular flexibility index (Phi) is 2.35. The summed E-state index contributed by atoms with van der Waals surface area (Å²) in [7, 11) is 2.24. The molecule has 2 aliphatic heterocycles. The fraction of sp³-hybridized carbons (Fsp3) is 0.500. The van der Waals surface area contributed by atoms with Crippen molar-refractivity contribution in [2.45, 2.75) is 0 Å². The van der Waals surface area contributed by atoms with Crippen molar-refractivity contribution in [3.63, 3.8) is 0 Å². The lowest BCUT2D eigenvalue weighted by Gasteiger charge is -2.17. The monoisotopic (exact) mass is 259 g/mol. The minimum atomic E-state index is 0.849. The summed E-state index contributed by atoms with van der Waals surface area (Å²) in [6.45, 7) is 4.89. The smallest absolute Gasteiger partial charge is 0.186 e. The Morgan fingerprint density at radius 3 is 2.56 bits per heavy atom. The van der Waals surface area contributed by atoms with E-state index in [0.29, 0.717) is 0 Å². The molecule has 3 heterocycles. The van der Waals surface area contributed by atoms with Crippen LogP contribution in [0.3, 0.4) is 0 Å². The number of hydrogen-bond acceptors (Lipinski definition) is 4. The van der Waals surface area contributed by atoms with E-state index in [1.807, 2.05) is 11.3 Å². The average molecular weight is 259 g/mol. The maximum atomic E-state index is 4.77. The van der Waals surface area contributed by atoms with Gasteiger partial charge in [-0.2, -0.15) is 0 Å². The van der Waals surface area contributed by atoms with Gasteiger partial charge in [0.25, 0.3) is 0 Å². The minimum absolute atomic E-state index is 0.849. The van der Waals surface area contributed by atoms with Gasteiger partial charge in [0.2, 0.25) is 0 Å². The standard InChI is InChI=1S/C14H17N3S/c1-16-6-10-8-17(9-11(10)7-16)14-15-12-4-2-3-5-13(12)18-14/h2-5,10-11H,6-9H2,1H3. The van der Waals surface area contributed by atoms with Gasteiger partial charge in [-0.15, -0.1) is 0 Å². The van der Waals surface area contributed by atoms with Crippen LogP contribution in [0.4, 0.5) is 5.13 Å². The first kappa shape index (κ1) is 10.8. The number of likely N-dealkylation sites (tertiary alicyclic amines) is 1. The quantitative estimate of drug-likeness (QED) is 0.783. The Hall–Kier alpha value is -1.13. The molecule has 0 aliphatic carbocycles. The van der Waals surface area contributed by atoms with Crippen LogP contribution in [0.25, 0.3) is 10.2 Å². The second kappa shape index (κ2) is 3.93. The zero-order chi connectivity index (χ0) is 12.1. The molecular weight excluding hydrogens is 242 g/mol. The summed E-state index contributed by atoms with van der Waals surface area (Å²) < 4.78 is 1.31. The van der Waals surface area contributed by atoms with Gasteiger partial charge in [0.1, 0.15) is 0 Å². The molecule has 3 nitrogen and oxygen atoms in total. The second-order valence-electron chi connectivity index (χ2n) is 5.61. The van der Waals surface area contributed by atoms with Crippen LogP contribution >= 0.6 is 11.3 Å². The number of para-hydroxylation sites is 1. The van der Waals surface area contributed by atoms with Crippen molar-refractivity contribution in [2.24, 2.45) is 11.8 Å². The van der Waals surface area contributed by atoms with Crippen LogP contribution in [0.1, 0.15) is 0 Å². The number of nitrogens with zero attached hydrogens (tertiary/aromatic N) is 3. The zero-order valence-corrected chi connectivity index (χ0v) is 11.4. The first-order chi connectivity index (χ1) is 8.79. The highest BCUT2D eigenvalue weighted by molar-refractivity contribution is 7.22. The van der Waals surface area contributed by atoms with E-state index in [1.165, 1.54) is 36.0 Å². The third kappa shape index (κ3) is 1.63. The molecule has 0 N–H and O–H groups in total. The number of benzene rings is 1. The summed E-state index contributed by atoms with van der Waals surface area (Å²) in [5.74, 6) is 1.70. The van der Waals surface area contributed by atoms with Gasteiger partial charge in [0.15, 0.2) is 5.13 Å². The van der Waals surface area contributed by atoms with E-state index < -0.39 is 0 Å². The molecule has 0 amide bonds. The molecule has 1 aromatic carbocycles. The van der Waals surface area contributed by atoms with E-state index in [0.717, 1.165) is 17.4 Å². The number of anilines is 1. The van der Waals surface area contributed by atoms with Gasteiger partial charge in [-0.05, 0) is 31.0 Å². The molecular formula is C14H17N3S. The van der Waals surface area contributed by atoms with Crippen molar-refractivity contribution < 1.29 is 0 Å². The van der Waals surface area contributed by atoms with E-state index in [4.69, 9.17) is 4.98 Å². The van der Waals surface area contributed by atoms with E-state index >= 15 is 0 Å². The molecule has 2 atom stereocenters. The van der Waals surface area contributed by atoms with E-state index in [-0.39, 0.29) is 0 Å². The molecule has 2 fully saturated rings. The van der Waals surface area contributed by atoms with Crippen molar-refractivity contribution in [2.75, 3.05) is 38.1 Å². The van der Waals surface area contributed by atoms with Gasteiger partial charge in [0, 0.05) is 26.2 Å². The predicted octanol–water partition coefficient (Wildman–Crippen LogP) is 2.29. The molecule has 4 rings (SSSR count). The van der Waals surface area contributed by atoms with Crippen LogP contribution in [-0.2, 0) is 0 Å². The SMILES string of the molecule is CN1CC2CN(c3nc4ccccc4s3)CC2C1. The molecule has 0 spiro atoms. The molecule has 1 aromatic heterocycles. The molecule has 94 valence electrons. The second-order valence-corrected chi connectivity index (χ2v) is 6.62. The van der Waals surface area contributed by atoms with Crippen LogP contribution in [-0.4, -0.2) is 43.1 Å². The number of fused-ring (bicyclic) bond motifs is 2. The van der Waals surface area contributed by atoms with Gasteiger partial charge in [-0.25, -0.2) is 4.98 Å². The zero-order valence-electron chi connectivity index (χ0n) is 10.5. The molecule has 2 saturated heterocycles. The van der Waals surface area contributed by atoms with Crippen molar-refractivity contribution >= 4 is 26.7 Å². The van der Waals surface area contributed by atoms with Crippen molar-refractivity contribution in [1.29, 1.82) is 0 Å². The Balaban J connectivity index is 1.61. The molecule has 0 radical (unpaired) electrons. The molecule has 0 bridgehead atoms. The van der Waals surface area contributed by atoms with Gasteiger partial charge < -0.3 is 9.80 Å². The Labute approximate surface area is 111 Å². The van der Waals surface area contributed by atoms with E-state index in [2.05, 4.69) is 41.1 Å². The lowest BCUT2D eigenvalue weighted by Crippen LogP contribution is -2.26. The van der Waals surface area contributed by atoms with Gasteiger partial charge >= 0.3 is 0 Å².